The van der Waals surface area contributed by atoms with Gasteiger partial charge in [0, 0.05) is 18.9 Å². The largest absolute Gasteiger partial charge is 0.505 e. The molecule has 0 saturated heterocycles. The number of hydrogen-bond acceptors (Lipinski definition) is 3. The van der Waals surface area contributed by atoms with E-state index < -0.39 is 5.82 Å². The van der Waals surface area contributed by atoms with Crippen molar-refractivity contribution in [3.8, 4) is 5.75 Å². The number of ether oxygens (including phenoxy) is 1. The van der Waals surface area contributed by atoms with Gasteiger partial charge in [-0.3, -0.25) is 0 Å². The summed E-state index contributed by atoms with van der Waals surface area (Å²) in [5.74, 6) is -0.915. The fourth-order valence-electron chi connectivity index (χ4n) is 2.35. The Bertz CT molecular complexity index is 384. The first-order valence-corrected chi connectivity index (χ1v) is 5.98. The fraction of sp³-hybridized carbons (Fsp3) is 0.538. The summed E-state index contributed by atoms with van der Waals surface area (Å²) < 4.78 is 18.6. The van der Waals surface area contributed by atoms with Crippen LogP contribution in [-0.4, -0.2) is 24.4 Å². The van der Waals surface area contributed by atoms with Crippen LogP contribution < -0.4 is 5.32 Å². The molecule has 0 bridgehead atoms. The number of nitrogens with one attached hydrogen (secondary N) is 1. The van der Waals surface area contributed by atoms with Crippen molar-refractivity contribution in [1.82, 2.24) is 0 Å². The van der Waals surface area contributed by atoms with Gasteiger partial charge in [0.2, 0.25) is 0 Å². The molecule has 1 aliphatic carbocycles. The fourth-order valence-corrected chi connectivity index (χ4v) is 2.35. The van der Waals surface area contributed by atoms with Crippen molar-refractivity contribution in [2.75, 3.05) is 12.4 Å². The minimum atomic E-state index is -0.597. The van der Waals surface area contributed by atoms with Gasteiger partial charge < -0.3 is 15.2 Å². The van der Waals surface area contributed by atoms with E-state index in [1.807, 2.05) is 0 Å². The molecule has 1 fully saturated rings. The predicted octanol–water partition coefficient (Wildman–Crippen LogP) is 2.90. The number of rotatable bonds is 3. The van der Waals surface area contributed by atoms with Gasteiger partial charge in [-0.1, -0.05) is 12.8 Å². The molecule has 0 spiro atoms. The zero-order valence-corrected chi connectivity index (χ0v) is 9.95. The van der Waals surface area contributed by atoms with Crippen molar-refractivity contribution in [3.05, 3.63) is 24.0 Å². The first-order valence-electron chi connectivity index (χ1n) is 5.98. The highest BCUT2D eigenvalue weighted by Gasteiger charge is 2.24. The molecule has 1 saturated carbocycles. The predicted molar refractivity (Wildman–Crippen MR) is 64.7 cm³/mol. The Hall–Kier alpha value is -1.29. The van der Waals surface area contributed by atoms with Gasteiger partial charge in [0.15, 0.2) is 11.6 Å². The minimum absolute atomic E-state index is 0.181. The SMILES string of the molecule is COC1CCCCC1Nc1ccc(O)c(F)c1. The Labute approximate surface area is 101 Å². The van der Waals surface area contributed by atoms with Gasteiger partial charge in [0.05, 0.1) is 12.1 Å². The zero-order valence-electron chi connectivity index (χ0n) is 9.95. The van der Waals surface area contributed by atoms with Crippen LogP contribution in [0.2, 0.25) is 0 Å². The highest BCUT2D eigenvalue weighted by molar-refractivity contribution is 5.47. The van der Waals surface area contributed by atoms with Crippen molar-refractivity contribution in [1.29, 1.82) is 0 Å². The lowest BCUT2D eigenvalue weighted by Gasteiger charge is -2.31. The summed E-state index contributed by atoms with van der Waals surface area (Å²) in [5, 5.41) is 12.4. The molecule has 0 heterocycles. The maximum atomic E-state index is 13.2. The van der Waals surface area contributed by atoms with Crippen LogP contribution >= 0.6 is 0 Å². The van der Waals surface area contributed by atoms with Crippen LogP contribution in [0.1, 0.15) is 25.7 Å². The van der Waals surface area contributed by atoms with Crippen molar-refractivity contribution in [3.63, 3.8) is 0 Å². The summed E-state index contributed by atoms with van der Waals surface area (Å²) in [6.07, 6.45) is 4.59. The van der Waals surface area contributed by atoms with Gasteiger partial charge in [-0.25, -0.2) is 4.39 Å². The summed E-state index contributed by atoms with van der Waals surface area (Å²) in [6, 6.07) is 4.58. The van der Waals surface area contributed by atoms with Gasteiger partial charge in [0.25, 0.3) is 0 Å². The third-order valence-electron chi connectivity index (χ3n) is 3.31. The molecule has 3 nitrogen and oxygen atoms in total. The normalized spacial score (nSPS) is 24.6. The molecule has 1 aromatic carbocycles. The van der Waals surface area contributed by atoms with Crippen LogP contribution in [-0.2, 0) is 4.74 Å². The number of hydrogen-bond donors (Lipinski definition) is 2. The second-order valence-corrected chi connectivity index (χ2v) is 4.48. The Morgan fingerprint density at radius 2 is 2.12 bits per heavy atom. The van der Waals surface area contributed by atoms with Crippen LogP contribution in [0.15, 0.2) is 18.2 Å². The lowest BCUT2D eigenvalue weighted by atomic mass is 9.92. The van der Waals surface area contributed by atoms with Crippen molar-refractivity contribution >= 4 is 5.69 Å². The average molecular weight is 239 g/mol. The Balaban J connectivity index is 2.05. The first kappa shape index (κ1) is 12.2. The van der Waals surface area contributed by atoms with Crippen LogP contribution in [0.3, 0.4) is 0 Å². The third kappa shape index (κ3) is 2.88. The lowest BCUT2D eigenvalue weighted by molar-refractivity contribution is 0.0606. The molecule has 1 aliphatic rings. The molecule has 2 unspecified atom stereocenters. The van der Waals surface area contributed by atoms with E-state index in [1.165, 1.54) is 18.6 Å². The van der Waals surface area contributed by atoms with E-state index in [2.05, 4.69) is 5.32 Å². The standard InChI is InChI=1S/C13H18FNO2/c1-17-13-5-3-2-4-11(13)15-9-6-7-12(16)10(14)8-9/h6-8,11,13,15-16H,2-5H2,1H3. The summed E-state index contributed by atoms with van der Waals surface area (Å²) >= 11 is 0. The maximum Gasteiger partial charge on any atom is 0.166 e. The molecule has 2 atom stereocenters. The Morgan fingerprint density at radius 1 is 1.35 bits per heavy atom. The molecule has 0 amide bonds. The van der Waals surface area contributed by atoms with E-state index in [-0.39, 0.29) is 17.9 Å². The number of methoxy groups -OCH3 is 1. The molecule has 17 heavy (non-hydrogen) atoms. The van der Waals surface area contributed by atoms with E-state index in [4.69, 9.17) is 9.84 Å². The van der Waals surface area contributed by atoms with Gasteiger partial charge in [-0.15, -0.1) is 0 Å². The van der Waals surface area contributed by atoms with E-state index in [0.29, 0.717) is 5.69 Å². The van der Waals surface area contributed by atoms with Crippen LogP contribution in [0.5, 0.6) is 5.75 Å². The van der Waals surface area contributed by atoms with Crippen molar-refractivity contribution in [2.24, 2.45) is 0 Å². The first-order chi connectivity index (χ1) is 8.20. The molecule has 0 aromatic heterocycles. The second-order valence-electron chi connectivity index (χ2n) is 4.48. The number of aromatic hydroxyl groups is 1. The number of benzene rings is 1. The molecular formula is C13H18FNO2. The average Bonchev–Trinajstić information content (AvgIpc) is 2.34. The smallest absolute Gasteiger partial charge is 0.166 e. The van der Waals surface area contributed by atoms with Crippen LogP contribution in [0.4, 0.5) is 10.1 Å². The summed E-state index contributed by atoms with van der Waals surface area (Å²) in [5.41, 5.74) is 0.689. The van der Waals surface area contributed by atoms with Gasteiger partial charge in [0.1, 0.15) is 0 Å². The quantitative estimate of drug-likeness (QED) is 0.797. The molecule has 4 heteroatoms. The van der Waals surface area contributed by atoms with E-state index in [9.17, 15) is 4.39 Å². The Kier molecular flexibility index (Phi) is 3.84. The number of halogens is 1. The zero-order chi connectivity index (χ0) is 12.3. The topological polar surface area (TPSA) is 41.5 Å². The molecule has 0 radical (unpaired) electrons. The monoisotopic (exact) mass is 239 g/mol. The summed E-state index contributed by atoms with van der Waals surface area (Å²) in [6.45, 7) is 0. The number of phenolic OH excluding ortho intramolecular Hbond substituents is 1. The maximum absolute atomic E-state index is 13.2. The summed E-state index contributed by atoms with van der Waals surface area (Å²) in [7, 11) is 1.71. The highest BCUT2D eigenvalue weighted by atomic mass is 19.1. The van der Waals surface area contributed by atoms with Crippen molar-refractivity contribution < 1.29 is 14.2 Å². The molecular weight excluding hydrogens is 221 g/mol. The van der Waals surface area contributed by atoms with Crippen LogP contribution in [0.25, 0.3) is 0 Å². The molecule has 1 aromatic rings. The molecule has 94 valence electrons. The van der Waals surface area contributed by atoms with Gasteiger partial charge in [-0.05, 0) is 25.0 Å². The minimum Gasteiger partial charge on any atom is -0.505 e. The van der Waals surface area contributed by atoms with E-state index in [0.717, 1.165) is 19.3 Å². The highest BCUT2D eigenvalue weighted by Crippen LogP contribution is 2.26. The third-order valence-corrected chi connectivity index (χ3v) is 3.31. The van der Waals surface area contributed by atoms with E-state index in [1.54, 1.807) is 13.2 Å². The second kappa shape index (κ2) is 5.36. The lowest BCUT2D eigenvalue weighted by Crippen LogP contribution is -2.37. The van der Waals surface area contributed by atoms with Gasteiger partial charge in [-0.2, -0.15) is 0 Å². The van der Waals surface area contributed by atoms with Crippen LogP contribution in [0, 0.1) is 5.82 Å². The van der Waals surface area contributed by atoms with E-state index >= 15 is 0 Å². The van der Waals surface area contributed by atoms with Crippen molar-refractivity contribution in [2.45, 2.75) is 37.8 Å². The summed E-state index contributed by atoms with van der Waals surface area (Å²) in [4.78, 5) is 0. The Morgan fingerprint density at radius 3 is 2.82 bits per heavy atom. The molecule has 0 aliphatic heterocycles. The van der Waals surface area contributed by atoms with Gasteiger partial charge >= 0.3 is 0 Å². The number of phenols is 1. The number of anilines is 1. The molecule has 2 rings (SSSR count). The molecule has 2 N–H and O–H groups in total.